The smallest absolute Gasteiger partial charge is 0.120 e. The van der Waals surface area contributed by atoms with Gasteiger partial charge in [0.15, 0.2) is 0 Å². The second-order valence-corrected chi connectivity index (χ2v) is 5.79. The first kappa shape index (κ1) is 14.5. The van der Waals surface area contributed by atoms with E-state index in [0.29, 0.717) is 6.61 Å². The summed E-state index contributed by atoms with van der Waals surface area (Å²) in [6.45, 7) is 1.43. The first-order valence-corrected chi connectivity index (χ1v) is 8.03. The molecule has 0 saturated heterocycles. The van der Waals surface area contributed by atoms with Crippen molar-refractivity contribution >= 4 is 10.9 Å². The Hall–Kier alpha value is -3.07. The Labute approximate surface area is 141 Å². The standard InChI is InChI=1S/C21H18N2O/c1-2-4-18(5-3-1)16-24-20-6-7-21-19(14-20)10-13-23(21)15-17-8-11-22-12-9-17/h1-14H,15-16H2. The minimum Gasteiger partial charge on any atom is -0.489 e. The highest BCUT2D eigenvalue weighted by Crippen LogP contribution is 2.23. The van der Waals surface area contributed by atoms with Gasteiger partial charge in [-0.05, 0) is 47.5 Å². The minimum absolute atomic E-state index is 0.587. The van der Waals surface area contributed by atoms with Crippen molar-refractivity contribution in [2.24, 2.45) is 0 Å². The Morgan fingerprint density at radius 3 is 2.50 bits per heavy atom. The van der Waals surface area contributed by atoms with Crippen molar-refractivity contribution in [2.45, 2.75) is 13.2 Å². The van der Waals surface area contributed by atoms with E-state index < -0.39 is 0 Å². The third-order valence-electron chi connectivity index (χ3n) is 4.09. The van der Waals surface area contributed by atoms with E-state index >= 15 is 0 Å². The van der Waals surface area contributed by atoms with Gasteiger partial charge >= 0.3 is 0 Å². The lowest BCUT2D eigenvalue weighted by Gasteiger charge is -2.08. The van der Waals surface area contributed by atoms with E-state index in [0.717, 1.165) is 12.3 Å². The molecule has 0 amide bonds. The SMILES string of the molecule is c1ccc(COc2ccc3c(ccn3Cc3ccncc3)c2)cc1. The van der Waals surface area contributed by atoms with Gasteiger partial charge in [-0.25, -0.2) is 0 Å². The van der Waals surface area contributed by atoms with Gasteiger partial charge in [-0.2, -0.15) is 0 Å². The number of hydrogen-bond acceptors (Lipinski definition) is 2. The predicted octanol–water partition coefficient (Wildman–Crippen LogP) is 4.66. The van der Waals surface area contributed by atoms with Gasteiger partial charge in [0.25, 0.3) is 0 Å². The van der Waals surface area contributed by atoms with Crippen molar-refractivity contribution in [3.05, 3.63) is 96.4 Å². The summed E-state index contributed by atoms with van der Waals surface area (Å²) >= 11 is 0. The lowest BCUT2D eigenvalue weighted by atomic mass is 10.2. The molecule has 0 N–H and O–H groups in total. The first-order valence-electron chi connectivity index (χ1n) is 8.03. The Balaban J connectivity index is 1.52. The Kier molecular flexibility index (Phi) is 3.98. The predicted molar refractivity (Wildman–Crippen MR) is 96.1 cm³/mol. The molecule has 0 unspecified atom stereocenters. The van der Waals surface area contributed by atoms with E-state index in [1.165, 1.54) is 22.0 Å². The van der Waals surface area contributed by atoms with E-state index in [1.807, 2.05) is 48.8 Å². The van der Waals surface area contributed by atoms with Crippen LogP contribution < -0.4 is 4.74 Å². The zero-order valence-electron chi connectivity index (χ0n) is 13.3. The molecule has 0 aliphatic carbocycles. The number of aromatic nitrogens is 2. The Morgan fingerprint density at radius 1 is 0.833 bits per heavy atom. The number of pyridine rings is 1. The topological polar surface area (TPSA) is 27.1 Å². The van der Waals surface area contributed by atoms with Crippen LogP contribution in [0.2, 0.25) is 0 Å². The van der Waals surface area contributed by atoms with Crippen molar-refractivity contribution in [2.75, 3.05) is 0 Å². The summed E-state index contributed by atoms with van der Waals surface area (Å²) in [5.41, 5.74) is 3.62. The zero-order chi connectivity index (χ0) is 16.2. The Morgan fingerprint density at radius 2 is 1.67 bits per heavy atom. The van der Waals surface area contributed by atoms with Crippen LogP contribution in [0.4, 0.5) is 0 Å². The van der Waals surface area contributed by atoms with Gasteiger partial charge in [0.2, 0.25) is 0 Å². The maximum Gasteiger partial charge on any atom is 0.120 e. The van der Waals surface area contributed by atoms with Crippen LogP contribution in [0, 0.1) is 0 Å². The molecule has 118 valence electrons. The van der Waals surface area contributed by atoms with E-state index in [1.54, 1.807) is 0 Å². The van der Waals surface area contributed by atoms with Crippen LogP contribution in [0.15, 0.2) is 85.3 Å². The molecule has 4 aromatic rings. The molecule has 3 heteroatoms. The summed E-state index contributed by atoms with van der Waals surface area (Å²) < 4.78 is 8.15. The van der Waals surface area contributed by atoms with Crippen molar-refractivity contribution in [3.63, 3.8) is 0 Å². The van der Waals surface area contributed by atoms with Crippen molar-refractivity contribution in [1.82, 2.24) is 9.55 Å². The van der Waals surface area contributed by atoms with Crippen LogP contribution in [0.1, 0.15) is 11.1 Å². The van der Waals surface area contributed by atoms with Gasteiger partial charge in [-0.3, -0.25) is 4.98 Å². The lowest BCUT2D eigenvalue weighted by Crippen LogP contribution is -1.98. The molecule has 2 heterocycles. The normalized spacial score (nSPS) is 10.8. The van der Waals surface area contributed by atoms with E-state index in [-0.39, 0.29) is 0 Å². The number of benzene rings is 2. The Bertz CT molecular complexity index is 930. The summed E-state index contributed by atoms with van der Waals surface area (Å²) in [5, 5.41) is 1.19. The fourth-order valence-electron chi connectivity index (χ4n) is 2.83. The molecule has 0 fully saturated rings. The number of nitrogens with zero attached hydrogens (tertiary/aromatic N) is 2. The molecule has 0 atom stereocenters. The molecule has 0 saturated carbocycles. The van der Waals surface area contributed by atoms with Gasteiger partial charge in [0, 0.05) is 36.0 Å². The molecule has 0 bridgehead atoms. The van der Waals surface area contributed by atoms with E-state index in [4.69, 9.17) is 4.74 Å². The molecule has 0 spiro atoms. The maximum absolute atomic E-state index is 5.91. The molecule has 0 aliphatic heterocycles. The fourth-order valence-corrected chi connectivity index (χ4v) is 2.83. The van der Waals surface area contributed by atoms with E-state index in [2.05, 4.69) is 46.1 Å². The molecule has 3 nitrogen and oxygen atoms in total. The second-order valence-electron chi connectivity index (χ2n) is 5.79. The summed E-state index contributed by atoms with van der Waals surface area (Å²) in [6.07, 6.45) is 5.78. The monoisotopic (exact) mass is 314 g/mol. The number of fused-ring (bicyclic) bond motifs is 1. The summed E-state index contributed by atoms with van der Waals surface area (Å²) in [6, 6.07) is 22.7. The fraction of sp³-hybridized carbons (Fsp3) is 0.0952. The van der Waals surface area contributed by atoms with Crippen LogP contribution >= 0.6 is 0 Å². The van der Waals surface area contributed by atoms with Gasteiger partial charge in [-0.1, -0.05) is 30.3 Å². The second kappa shape index (κ2) is 6.59. The van der Waals surface area contributed by atoms with Crippen molar-refractivity contribution in [3.8, 4) is 5.75 Å². The highest BCUT2D eigenvalue weighted by atomic mass is 16.5. The third kappa shape index (κ3) is 3.15. The minimum atomic E-state index is 0.587. The van der Waals surface area contributed by atoms with Gasteiger partial charge in [0.1, 0.15) is 12.4 Å². The van der Waals surface area contributed by atoms with Crippen LogP contribution in [0.3, 0.4) is 0 Å². The highest BCUT2D eigenvalue weighted by molar-refractivity contribution is 5.81. The molecule has 2 aromatic heterocycles. The number of ether oxygens (including phenoxy) is 1. The van der Waals surface area contributed by atoms with Crippen LogP contribution in [-0.4, -0.2) is 9.55 Å². The van der Waals surface area contributed by atoms with Crippen LogP contribution in [0.5, 0.6) is 5.75 Å². The average molecular weight is 314 g/mol. The molecular formula is C21H18N2O. The van der Waals surface area contributed by atoms with E-state index in [9.17, 15) is 0 Å². The van der Waals surface area contributed by atoms with Gasteiger partial charge in [-0.15, -0.1) is 0 Å². The highest BCUT2D eigenvalue weighted by Gasteiger charge is 2.04. The van der Waals surface area contributed by atoms with Crippen molar-refractivity contribution in [1.29, 1.82) is 0 Å². The third-order valence-corrected chi connectivity index (χ3v) is 4.09. The molecule has 24 heavy (non-hydrogen) atoms. The number of rotatable bonds is 5. The summed E-state index contributed by atoms with van der Waals surface area (Å²) in [4.78, 5) is 4.07. The largest absolute Gasteiger partial charge is 0.489 e. The molecule has 2 aromatic carbocycles. The molecular weight excluding hydrogens is 296 g/mol. The summed E-state index contributed by atoms with van der Waals surface area (Å²) in [5.74, 6) is 0.896. The van der Waals surface area contributed by atoms with Gasteiger partial charge < -0.3 is 9.30 Å². The molecule has 4 rings (SSSR count). The molecule has 0 aliphatic rings. The van der Waals surface area contributed by atoms with Crippen LogP contribution in [0.25, 0.3) is 10.9 Å². The summed E-state index contributed by atoms with van der Waals surface area (Å²) in [7, 11) is 0. The van der Waals surface area contributed by atoms with Crippen molar-refractivity contribution < 1.29 is 4.74 Å². The average Bonchev–Trinajstić information content (AvgIpc) is 3.04. The van der Waals surface area contributed by atoms with Gasteiger partial charge in [0.05, 0.1) is 0 Å². The zero-order valence-corrected chi connectivity index (χ0v) is 13.3. The number of hydrogen-bond donors (Lipinski definition) is 0. The lowest BCUT2D eigenvalue weighted by molar-refractivity contribution is 0.306. The first-order chi connectivity index (χ1) is 11.9. The van der Waals surface area contributed by atoms with Crippen LogP contribution in [-0.2, 0) is 13.2 Å². The quantitative estimate of drug-likeness (QED) is 0.535. The maximum atomic E-state index is 5.91. The molecule has 0 radical (unpaired) electrons.